The molecule has 2 N–H and O–H groups in total. The molecule has 0 aromatic heterocycles. The maximum Gasteiger partial charge on any atom is 0.271 e. The molecule has 1 aromatic carbocycles. The van der Waals surface area contributed by atoms with Crippen LogP contribution in [0.3, 0.4) is 0 Å². The Balaban J connectivity index is 2.32. The van der Waals surface area contributed by atoms with Gasteiger partial charge in [-0.25, -0.2) is 0 Å². The van der Waals surface area contributed by atoms with Crippen molar-refractivity contribution in [2.45, 2.75) is 18.6 Å². The summed E-state index contributed by atoms with van der Waals surface area (Å²) in [5, 5.41) is 11.3. The Labute approximate surface area is 131 Å². The number of nitrogens with two attached hydrogens (primary N) is 1. The monoisotopic (exact) mass is 329 g/mol. The highest BCUT2D eigenvalue weighted by Gasteiger charge is 2.27. The standard InChI is InChI=1S/C13H16ClN3O3S/c1-2-9-7-16(3-4-21-9)13(18)10-5-8(17(19)20)6-11(14)12(10)15/h5-6,9H,2-4,7,15H2,1H3. The number of amides is 1. The quantitative estimate of drug-likeness (QED) is 0.523. The number of non-ortho nitro benzene ring substituents is 1. The summed E-state index contributed by atoms with van der Waals surface area (Å²) in [6.45, 7) is 3.31. The van der Waals surface area contributed by atoms with Crippen LogP contribution in [0.25, 0.3) is 0 Å². The van der Waals surface area contributed by atoms with Gasteiger partial charge in [-0.1, -0.05) is 18.5 Å². The fraction of sp³-hybridized carbons (Fsp3) is 0.462. The molecule has 1 aliphatic heterocycles. The topological polar surface area (TPSA) is 89.5 Å². The van der Waals surface area contributed by atoms with Crippen molar-refractivity contribution >= 4 is 40.6 Å². The number of thioether (sulfide) groups is 1. The Morgan fingerprint density at radius 3 is 2.95 bits per heavy atom. The van der Waals surface area contributed by atoms with Crippen LogP contribution in [0.2, 0.25) is 5.02 Å². The molecule has 0 radical (unpaired) electrons. The number of anilines is 1. The van der Waals surface area contributed by atoms with Gasteiger partial charge in [0.05, 0.1) is 21.2 Å². The third-order valence-corrected chi connectivity index (χ3v) is 5.12. The number of hydrogen-bond donors (Lipinski definition) is 1. The summed E-state index contributed by atoms with van der Waals surface area (Å²) < 4.78 is 0. The second-order valence-electron chi connectivity index (χ2n) is 4.80. The second-order valence-corrected chi connectivity index (χ2v) is 6.61. The first-order chi connectivity index (χ1) is 9.93. The van der Waals surface area contributed by atoms with Crippen LogP contribution in [0.5, 0.6) is 0 Å². The lowest BCUT2D eigenvalue weighted by Crippen LogP contribution is -2.42. The van der Waals surface area contributed by atoms with Gasteiger partial charge in [0.2, 0.25) is 0 Å². The van der Waals surface area contributed by atoms with Crippen molar-refractivity contribution in [1.29, 1.82) is 0 Å². The summed E-state index contributed by atoms with van der Waals surface area (Å²) in [5.74, 6) is 0.559. The van der Waals surface area contributed by atoms with Gasteiger partial charge in [0.15, 0.2) is 0 Å². The smallest absolute Gasteiger partial charge is 0.271 e. The number of nitrogen functional groups attached to an aromatic ring is 1. The zero-order valence-corrected chi connectivity index (χ0v) is 13.1. The highest BCUT2D eigenvalue weighted by atomic mass is 35.5. The molecule has 1 amide bonds. The number of nitro benzene ring substituents is 1. The van der Waals surface area contributed by atoms with E-state index in [4.69, 9.17) is 17.3 Å². The van der Waals surface area contributed by atoms with Gasteiger partial charge >= 0.3 is 0 Å². The van der Waals surface area contributed by atoms with Crippen molar-refractivity contribution in [2.24, 2.45) is 0 Å². The largest absolute Gasteiger partial charge is 0.397 e. The first-order valence-corrected chi connectivity index (χ1v) is 8.01. The molecule has 1 fully saturated rings. The van der Waals surface area contributed by atoms with Crippen LogP contribution >= 0.6 is 23.4 Å². The molecule has 6 nitrogen and oxygen atoms in total. The molecular formula is C13H16ClN3O3S. The van der Waals surface area contributed by atoms with E-state index in [0.717, 1.165) is 18.2 Å². The van der Waals surface area contributed by atoms with Gasteiger partial charge in [-0.2, -0.15) is 11.8 Å². The van der Waals surface area contributed by atoms with Gasteiger partial charge in [0.1, 0.15) is 0 Å². The van der Waals surface area contributed by atoms with Crippen LogP contribution in [0.1, 0.15) is 23.7 Å². The lowest BCUT2D eigenvalue weighted by molar-refractivity contribution is -0.384. The molecule has 2 rings (SSSR count). The van der Waals surface area contributed by atoms with E-state index in [1.54, 1.807) is 4.90 Å². The van der Waals surface area contributed by atoms with Crippen LogP contribution in [-0.4, -0.2) is 39.8 Å². The Kier molecular flexibility index (Phi) is 4.95. The average Bonchev–Trinajstić information content (AvgIpc) is 2.49. The van der Waals surface area contributed by atoms with Crippen LogP contribution in [0, 0.1) is 10.1 Å². The minimum Gasteiger partial charge on any atom is -0.397 e. The number of hydrogen-bond acceptors (Lipinski definition) is 5. The van der Waals surface area contributed by atoms with E-state index >= 15 is 0 Å². The SMILES string of the molecule is CCC1CN(C(=O)c2cc([N+](=O)[O-])cc(Cl)c2N)CCS1. The van der Waals surface area contributed by atoms with E-state index in [9.17, 15) is 14.9 Å². The zero-order chi connectivity index (χ0) is 15.6. The Morgan fingerprint density at radius 1 is 1.62 bits per heavy atom. The number of rotatable bonds is 3. The molecule has 1 atom stereocenters. The van der Waals surface area contributed by atoms with Gasteiger partial charge in [-0.3, -0.25) is 14.9 Å². The predicted octanol–water partition coefficient (Wildman–Crippen LogP) is 2.80. The van der Waals surface area contributed by atoms with E-state index in [1.165, 1.54) is 6.07 Å². The van der Waals surface area contributed by atoms with E-state index in [2.05, 4.69) is 6.92 Å². The molecule has 114 valence electrons. The van der Waals surface area contributed by atoms with Gasteiger partial charge in [0, 0.05) is 36.2 Å². The molecule has 0 aliphatic carbocycles. The third kappa shape index (κ3) is 3.41. The molecule has 21 heavy (non-hydrogen) atoms. The first kappa shape index (κ1) is 15.9. The summed E-state index contributed by atoms with van der Waals surface area (Å²) in [6, 6.07) is 2.36. The molecule has 1 saturated heterocycles. The summed E-state index contributed by atoms with van der Waals surface area (Å²) >= 11 is 7.73. The normalized spacial score (nSPS) is 18.6. The third-order valence-electron chi connectivity index (χ3n) is 3.44. The van der Waals surface area contributed by atoms with E-state index in [-0.39, 0.29) is 27.9 Å². The molecule has 0 saturated carbocycles. The van der Waals surface area contributed by atoms with Gasteiger partial charge < -0.3 is 10.6 Å². The van der Waals surface area contributed by atoms with Crippen molar-refractivity contribution in [3.05, 3.63) is 32.8 Å². The van der Waals surface area contributed by atoms with Crippen molar-refractivity contribution in [3.63, 3.8) is 0 Å². The predicted molar refractivity (Wildman–Crippen MR) is 85.0 cm³/mol. The number of benzene rings is 1. The minimum absolute atomic E-state index is 0.0333. The summed E-state index contributed by atoms with van der Waals surface area (Å²) in [6.07, 6.45) is 0.972. The second kappa shape index (κ2) is 6.53. The van der Waals surface area contributed by atoms with Crippen molar-refractivity contribution in [2.75, 3.05) is 24.6 Å². The first-order valence-electron chi connectivity index (χ1n) is 6.58. The fourth-order valence-corrected chi connectivity index (χ4v) is 3.60. The molecule has 1 unspecified atom stereocenters. The van der Waals surface area contributed by atoms with Crippen molar-refractivity contribution in [3.8, 4) is 0 Å². The number of carbonyl (C=O) groups excluding carboxylic acids is 1. The minimum atomic E-state index is -0.580. The summed E-state index contributed by atoms with van der Waals surface area (Å²) in [4.78, 5) is 24.6. The number of halogens is 1. The molecule has 1 heterocycles. The number of carbonyl (C=O) groups is 1. The average molecular weight is 330 g/mol. The Morgan fingerprint density at radius 2 is 2.33 bits per heavy atom. The molecule has 0 spiro atoms. The molecule has 1 aliphatic rings. The summed E-state index contributed by atoms with van der Waals surface area (Å²) in [5.41, 5.74) is 5.80. The molecule has 0 bridgehead atoms. The van der Waals surface area contributed by atoms with Crippen molar-refractivity contribution < 1.29 is 9.72 Å². The van der Waals surface area contributed by atoms with Gasteiger partial charge in [-0.05, 0) is 6.42 Å². The zero-order valence-electron chi connectivity index (χ0n) is 11.5. The molecule has 8 heteroatoms. The fourth-order valence-electron chi connectivity index (χ4n) is 2.21. The number of nitro groups is 1. The van der Waals surface area contributed by atoms with E-state index in [1.807, 2.05) is 11.8 Å². The maximum atomic E-state index is 12.6. The number of nitrogens with zero attached hydrogens (tertiary/aromatic N) is 2. The van der Waals surface area contributed by atoms with Crippen LogP contribution < -0.4 is 5.73 Å². The van der Waals surface area contributed by atoms with Crippen molar-refractivity contribution in [1.82, 2.24) is 4.90 Å². The van der Waals surface area contributed by atoms with Crippen LogP contribution in [-0.2, 0) is 0 Å². The van der Waals surface area contributed by atoms with Gasteiger partial charge in [0.25, 0.3) is 11.6 Å². The summed E-state index contributed by atoms with van der Waals surface area (Å²) in [7, 11) is 0. The van der Waals surface area contributed by atoms with Crippen LogP contribution in [0.4, 0.5) is 11.4 Å². The maximum absolute atomic E-state index is 12.6. The Hall–Kier alpha value is -1.47. The lowest BCUT2D eigenvalue weighted by atomic mass is 10.1. The van der Waals surface area contributed by atoms with Crippen LogP contribution in [0.15, 0.2) is 12.1 Å². The molecule has 1 aromatic rings. The lowest BCUT2D eigenvalue weighted by Gasteiger charge is -2.32. The molecular weight excluding hydrogens is 314 g/mol. The highest BCUT2D eigenvalue weighted by Crippen LogP contribution is 2.31. The van der Waals surface area contributed by atoms with E-state index < -0.39 is 4.92 Å². The van der Waals surface area contributed by atoms with E-state index in [0.29, 0.717) is 18.3 Å². The Bertz CT molecular complexity index is 582. The van der Waals surface area contributed by atoms with Gasteiger partial charge in [-0.15, -0.1) is 0 Å². The highest BCUT2D eigenvalue weighted by molar-refractivity contribution is 8.00.